The Morgan fingerprint density at radius 3 is 2.14 bits per heavy atom. The summed E-state index contributed by atoms with van der Waals surface area (Å²) in [6, 6.07) is 0. The van der Waals surface area contributed by atoms with Gasteiger partial charge in [-0.2, -0.15) is 13.2 Å². The second kappa shape index (κ2) is 4.16. The van der Waals surface area contributed by atoms with Crippen LogP contribution in [0.4, 0.5) is 13.2 Å². The number of carbonyl (C=O) groups is 1. The zero-order valence-corrected chi connectivity index (χ0v) is 8.31. The number of alkyl halides is 3. The Hall–Kier alpha value is -0.780. The Labute approximate surface area is 80.4 Å². The highest BCUT2D eigenvalue weighted by Crippen LogP contribution is 2.28. The number of carbonyl (C=O) groups excluding carboxylic acids is 1. The average molecular weight is 213 g/mol. The molecule has 0 aromatic heterocycles. The van der Waals surface area contributed by atoms with Gasteiger partial charge in [-0.3, -0.25) is 0 Å². The molecule has 0 aliphatic rings. The summed E-state index contributed by atoms with van der Waals surface area (Å²) in [4.78, 5) is 10.9. The van der Waals surface area contributed by atoms with E-state index in [2.05, 4.69) is 4.74 Å². The number of nitrogens with two attached hydrogens (primary N) is 1. The third-order valence-electron chi connectivity index (χ3n) is 1.56. The van der Waals surface area contributed by atoms with Gasteiger partial charge in [0.05, 0.1) is 6.61 Å². The molecule has 0 aromatic rings. The van der Waals surface area contributed by atoms with E-state index in [1.165, 1.54) is 0 Å². The first kappa shape index (κ1) is 13.2. The summed E-state index contributed by atoms with van der Waals surface area (Å²) >= 11 is 0. The predicted molar refractivity (Wildman–Crippen MR) is 44.4 cm³/mol. The lowest BCUT2D eigenvalue weighted by Gasteiger charge is -2.25. The molecule has 3 nitrogen and oxygen atoms in total. The van der Waals surface area contributed by atoms with Gasteiger partial charge in [0, 0.05) is 0 Å². The molecule has 0 aromatic carbocycles. The summed E-state index contributed by atoms with van der Waals surface area (Å²) in [7, 11) is 0. The maximum absolute atomic E-state index is 12.2. The minimum Gasteiger partial charge on any atom is -0.464 e. The van der Waals surface area contributed by atoms with Crippen molar-refractivity contribution in [3.8, 4) is 0 Å². The van der Waals surface area contributed by atoms with E-state index in [4.69, 9.17) is 5.73 Å². The zero-order valence-electron chi connectivity index (χ0n) is 8.31. The van der Waals surface area contributed by atoms with E-state index in [-0.39, 0.29) is 12.5 Å². The fourth-order valence-corrected chi connectivity index (χ4v) is 0.508. The van der Waals surface area contributed by atoms with Gasteiger partial charge in [-0.1, -0.05) is 13.8 Å². The summed E-state index contributed by atoms with van der Waals surface area (Å²) in [6.45, 7) is 3.96. The van der Waals surface area contributed by atoms with Crippen molar-refractivity contribution in [2.24, 2.45) is 11.7 Å². The number of hydrogen-bond donors (Lipinski definition) is 1. The molecule has 0 aliphatic heterocycles. The van der Waals surface area contributed by atoms with E-state index >= 15 is 0 Å². The standard InChI is InChI=1S/C8H14F3NO2/c1-5(2)4-14-6(13)7(3,12)8(9,10)11/h5H,4,12H2,1-3H3. The van der Waals surface area contributed by atoms with Gasteiger partial charge in [-0.15, -0.1) is 0 Å². The van der Waals surface area contributed by atoms with Crippen LogP contribution < -0.4 is 5.73 Å². The Morgan fingerprint density at radius 2 is 1.86 bits per heavy atom. The molecule has 2 N–H and O–H groups in total. The van der Waals surface area contributed by atoms with Crippen molar-refractivity contribution in [2.45, 2.75) is 32.5 Å². The number of esters is 1. The molecule has 0 bridgehead atoms. The SMILES string of the molecule is CC(C)COC(=O)C(C)(N)C(F)(F)F. The largest absolute Gasteiger partial charge is 0.464 e. The molecular weight excluding hydrogens is 199 g/mol. The van der Waals surface area contributed by atoms with Crippen LogP contribution in [0.25, 0.3) is 0 Å². The van der Waals surface area contributed by atoms with Crippen molar-refractivity contribution >= 4 is 5.97 Å². The normalized spacial score (nSPS) is 16.6. The molecule has 0 rings (SSSR count). The van der Waals surface area contributed by atoms with E-state index in [0.717, 1.165) is 0 Å². The van der Waals surface area contributed by atoms with Crippen molar-refractivity contribution in [3.05, 3.63) is 0 Å². The highest BCUT2D eigenvalue weighted by Gasteiger charge is 2.55. The van der Waals surface area contributed by atoms with Crippen LogP contribution in [0.3, 0.4) is 0 Å². The average Bonchev–Trinajstić information content (AvgIpc) is 1.97. The fraction of sp³-hybridized carbons (Fsp3) is 0.875. The summed E-state index contributed by atoms with van der Waals surface area (Å²) in [5.74, 6) is -1.47. The maximum atomic E-state index is 12.2. The summed E-state index contributed by atoms with van der Waals surface area (Å²) in [5, 5.41) is 0. The van der Waals surface area contributed by atoms with Crippen molar-refractivity contribution in [1.82, 2.24) is 0 Å². The molecule has 84 valence electrons. The first-order valence-corrected chi connectivity index (χ1v) is 4.12. The Morgan fingerprint density at radius 1 is 1.43 bits per heavy atom. The van der Waals surface area contributed by atoms with E-state index in [9.17, 15) is 18.0 Å². The van der Waals surface area contributed by atoms with Gasteiger partial charge >= 0.3 is 12.1 Å². The molecule has 6 heteroatoms. The topological polar surface area (TPSA) is 52.3 Å². The van der Waals surface area contributed by atoms with Crippen molar-refractivity contribution in [2.75, 3.05) is 6.61 Å². The highest BCUT2D eigenvalue weighted by molar-refractivity contribution is 5.81. The highest BCUT2D eigenvalue weighted by atomic mass is 19.4. The third kappa shape index (κ3) is 3.17. The number of rotatable bonds is 3. The van der Waals surface area contributed by atoms with E-state index < -0.39 is 17.7 Å². The lowest BCUT2D eigenvalue weighted by atomic mass is 10.0. The molecule has 0 heterocycles. The van der Waals surface area contributed by atoms with Gasteiger partial charge in [-0.25, -0.2) is 4.79 Å². The third-order valence-corrected chi connectivity index (χ3v) is 1.56. The lowest BCUT2D eigenvalue weighted by Crippen LogP contribution is -2.58. The lowest BCUT2D eigenvalue weighted by molar-refractivity contribution is -0.202. The molecule has 1 atom stereocenters. The molecule has 1 unspecified atom stereocenters. The Bertz CT molecular complexity index is 211. The van der Waals surface area contributed by atoms with Crippen LogP contribution in [0, 0.1) is 5.92 Å². The van der Waals surface area contributed by atoms with E-state index in [0.29, 0.717) is 6.92 Å². The van der Waals surface area contributed by atoms with Crippen LogP contribution in [0.15, 0.2) is 0 Å². The molecule has 14 heavy (non-hydrogen) atoms. The molecule has 0 saturated heterocycles. The molecule has 0 radical (unpaired) electrons. The van der Waals surface area contributed by atoms with Gasteiger partial charge in [0.25, 0.3) is 0 Å². The first-order valence-electron chi connectivity index (χ1n) is 4.12. The zero-order chi connectivity index (χ0) is 11.6. The van der Waals surface area contributed by atoms with Gasteiger partial charge in [-0.05, 0) is 12.8 Å². The van der Waals surface area contributed by atoms with Crippen LogP contribution in [0.1, 0.15) is 20.8 Å². The number of ether oxygens (including phenoxy) is 1. The quantitative estimate of drug-likeness (QED) is 0.722. The van der Waals surface area contributed by atoms with Crippen LogP contribution >= 0.6 is 0 Å². The van der Waals surface area contributed by atoms with Crippen LogP contribution in [0.2, 0.25) is 0 Å². The van der Waals surface area contributed by atoms with Crippen LogP contribution in [0.5, 0.6) is 0 Å². The van der Waals surface area contributed by atoms with E-state index in [1.54, 1.807) is 13.8 Å². The van der Waals surface area contributed by atoms with Crippen molar-refractivity contribution in [1.29, 1.82) is 0 Å². The van der Waals surface area contributed by atoms with Crippen molar-refractivity contribution in [3.63, 3.8) is 0 Å². The van der Waals surface area contributed by atoms with Gasteiger partial charge in [0.2, 0.25) is 5.54 Å². The Kier molecular flexibility index (Phi) is 3.93. The molecule has 0 saturated carbocycles. The maximum Gasteiger partial charge on any atom is 0.416 e. The number of hydrogen-bond acceptors (Lipinski definition) is 3. The van der Waals surface area contributed by atoms with Crippen molar-refractivity contribution < 1.29 is 22.7 Å². The monoisotopic (exact) mass is 213 g/mol. The molecule has 0 aliphatic carbocycles. The first-order chi connectivity index (χ1) is 6.09. The smallest absolute Gasteiger partial charge is 0.416 e. The predicted octanol–water partition coefficient (Wildman–Crippen LogP) is 1.47. The minimum absolute atomic E-state index is 0.0250. The Balaban J connectivity index is 4.38. The molecular formula is C8H14F3NO2. The molecule has 0 amide bonds. The van der Waals surface area contributed by atoms with Gasteiger partial charge in [0.1, 0.15) is 0 Å². The van der Waals surface area contributed by atoms with Gasteiger partial charge < -0.3 is 10.5 Å². The van der Waals surface area contributed by atoms with E-state index in [1.807, 2.05) is 0 Å². The van der Waals surface area contributed by atoms with Crippen LogP contribution in [-0.2, 0) is 9.53 Å². The summed E-state index contributed by atoms with van der Waals surface area (Å²) in [5.41, 5.74) is 1.90. The van der Waals surface area contributed by atoms with Crippen LogP contribution in [-0.4, -0.2) is 24.3 Å². The fourth-order valence-electron chi connectivity index (χ4n) is 0.508. The summed E-state index contributed by atoms with van der Waals surface area (Å²) < 4.78 is 41.0. The second-order valence-corrected chi connectivity index (χ2v) is 3.69. The summed E-state index contributed by atoms with van der Waals surface area (Å²) in [6.07, 6.45) is -4.79. The second-order valence-electron chi connectivity index (χ2n) is 3.69. The minimum atomic E-state index is -4.79. The molecule has 0 fully saturated rings. The number of halogens is 3. The molecule has 0 spiro atoms. The van der Waals surface area contributed by atoms with Gasteiger partial charge in [0.15, 0.2) is 0 Å².